The Hall–Kier alpha value is -4.32. The van der Waals surface area contributed by atoms with E-state index in [2.05, 4.69) is 32.2 Å². The molecule has 0 aliphatic carbocycles. The lowest BCUT2D eigenvalue weighted by Gasteiger charge is -2.32. The van der Waals surface area contributed by atoms with Gasteiger partial charge in [-0.05, 0) is 61.7 Å². The second-order valence-electron chi connectivity index (χ2n) is 9.07. The second-order valence-corrected chi connectivity index (χ2v) is 9.07. The smallest absolute Gasteiger partial charge is 0.333 e. The van der Waals surface area contributed by atoms with Gasteiger partial charge in [0.25, 0.3) is 0 Å². The molecule has 0 aliphatic rings. The summed E-state index contributed by atoms with van der Waals surface area (Å²) < 4.78 is 21.7. The number of hydrogen-bond donors (Lipinski definition) is 0. The predicted octanol–water partition coefficient (Wildman–Crippen LogP) is 6.04. The molecule has 0 radical (unpaired) electrons. The summed E-state index contributed by atoms with van der Waals surface area (Å²) in [5.74, 6) is 0.522. The first-order valence-corrected chi connectivity index (χ1v) is 12.4. The van der Waals surface area contributed by atoms with Crippen molar-refractivity contribution in [3.63, 3.8) is 0 Å². The highest BCUT2D eigenvalue weighted by Crippen LogP contribution is 2.39. The molecule has 0 N–H and O–H groups in total. The molecule has 3 aromatic carbocycles. The molecule has 0 spiro atoms. The number of ether oxygens (including phenoxy) is 4. The molecule has 3 rings (SSSR count). The molecule has 0 atom stereocenters. The van der Waals surface area contributed by atoms with Gasteiger partial charge in [-0.2, -0.15) is 0 Å². The van der Waals surface area contributed by atoms with Crippen LogP contribution in [0.25, 0.3) is 0 Å². The molecule has 0 aromatic heterocycles. The van der Waals surface area contributed by atoms with E-state index < -0.39 is 17.4 Å². The van der Waals surface area contributed by atoms with Crippen molar-refractivity contribution >= 4 is 11.9 Å². The lowest BCUT2D eigenvalue weighted by atomic mass is 9.71. The number of esters is 2. The molecule has 0 fully saturated rings. The summed E-state index contributed by atoms with van der Waals surface area (Å²) in [5, 5.41) is 0. The van der Waals surface area contributed by atoms with Crippen molar-refractivity contribution in [3.8, 4) is 11.5 Å². The minimum Gasteiger partial charge on any atom is -0.490 e. The largest absolute Gasteiger partial charge is 0.490 e. The first-order chi connectivity index (χ1) is 18.2. The van der Waals surface area contributed by atoms with Gasteiger partial charge in [0.2, 0.25) is 0 Å². The maximum atomic E-state index is 11.5. The zero-order chi connectivity index (χ0) is 27.5. The molecule has 0 heterocycles. The Morgan fingerprint density at radius 3 is 1.34 bits per heavy atom. The maximum Gasteiger partial charge on any atom is 0.333 e. The monoisotopic (exact) mass is 514 g/mol. The van der Waals surface area contributed by atoms with Crippen molar-refractivity contribution in [1.29, 1.82) is 0 Å². The molecule has 6 nitrogen and oxygen atoms in total. The lowest BCUT2D eigenvalue weighted by molar-refractivity contribution is -0.140. The molecule has 0 saturated carbocycles. The van der Waals surface area contributed by atoms with Crippen molar-refractivity contribution in [2.45, 2.75) is 26.2 Å². The third-order valence-corrected chi connectivity index (χ3v) is 6.08. The van der Waals surface area contributed by atoms with Gasteiger partial charge in [0.15, 0.2) is 0 Å². The Bertz CT molecular complexity index is 1170. The summed E-state index contributed by atoms with van der Waals surface area (Å²) in [6, 6.07) is 26.1. The Kier molecular flexibility index (Phi) is 9.88. The molecule has 0 bridgehead atoms. The fraction of sp³-hybridized carbons (Fsp3) is 0.250. The average Bonchev–Trinajstić information content (AvgIpc) is 2.93. The van der Waals surface area contributed by atoms with Crippen molar-refractivity contribution in [2.75, 3.05) is 26.4 Å². The van der Waals surface area contributed by atoms with E-state index in [1.165, 1.54) is 0 Å². The second kappa shape index (κ2) is 13.3. The molecule has 0 saturated heterocycles. The first-order valence-electron chi connectivity index (χ1n) is 12.4. The van der Waals surface area contributed by atoms with Crippen LogP contribution in [-0.4, -0.2) is 38.4 Å². The summed E-state index contributed by atoms with van der Waals surface area (Å²) in [6.07, 6.45) is 0. The SMILES string of the molecule is C=C(C)C(=O)OCCOc1ccc(C(C)(c2ccccc2)c2ccc(OCCOC(=O)C(=C)C)cc2)cc1. The van der Waals surface area contributed by atoms with Gasteiger partial charge in [-0.3, -0.25) is 0 Å². The van der Waals surface area contributed by atoms with Crippen molar-refractivity contribution < 1.29 is 28.5 Å². The van der Waals surface area contributed by atoms with Gasteiger partial charge in [0.05, 0.1) is 0 Å². The third kappa shape index (κ3) is 7.35. The van der Waals surface area contributed by atoms with Gasteiger partial charge in [-0.25, -0.2) is 9.59 Å². The van der Waals surface area contributed by atoms with E-state index in [0.717, 1.165) is 16.7 Å². The third-order valence-electron chi connectivity index (χ3n) is 6.08. The van der Waals surface area contributed by atoms with Gasteiger partial charge < -0.3 is 18.9 Å². The normalized spacial score (nSPS) is 10.8. The number of hydrogen-bond acceptors (Lipinski definition) is 6. The van der Waals surface area contributed by atoms with Crippen molar-refractivity contribution in [3.05, 3.63) is 120 Å². The predicted molar refractivity (Wildman–Crippen MR) is 147 cm³/mol. The molecule has 0 unspecified atom stereocenters. The first kappa shape index (κ1) is 28.3. The number of rotatable bonds is 13. The van der Waals surface area contributed by atoms with Crippen LogP contribution in [0.4, 0.5) is 0 Å². The fourth-order valence-electron chi connectivity index (χ4n) is 3.87. The number of benzene rings is 3. The van der Waals surface area contributed by atoms with Crippen LogP contribution in [-0.2, 0) is 24.5 Å². The molecule has 198 valence electrons. The van der Waals surface area contributed by atoms with E-state index in [1.807, 2.05) is 66.7 Å². The van der Waals surface area contributed by atoms with Crippen LogP contribution in [0.2, 0.25) is 0 Å². The zero-order valence-electron chi connectivity index (χ0n) is 22.2. The minimum atomic E-state index is -0.438. The molecule has 6 heteroatoms. The summed E-state index contributed by atoms with van der Waals surface area (Å²) >= 11 is 0. The van der Waals surface area contributed by atoms with Gasteiger partial charge in [0.1, 0.15) is 37.9 Å². The quantitative estimate of drug-likeness (QED) is 0.120. The van der Waals surface area contributed by atoms with Crippen LogP contribution in [0.1, 0.15) is 37.5 Å². The molecular weight excluding hydrogens is 480 g/mol. The Balaban J connectivity index is 1.72. The van der Waals surface area contributed by atoms with Crippen LogP contribution >= 0.6 is 0 Å². The Morgan fingerprint density at radius 1 is 0.605 bits per heavy atom. The van der Waals surface area contributed by atoms with E-state index >= 15 is 0 Å². The highest BCUT2D eigenvalue weighted by molar-refractivity contribution is 5.87. The van der Waals surface area contributed by atoms with E-state index in [0.29, 0.717) is 22.6 Å². The summed E-state index contributed by atoms with van der Waals surface area (Å²) in [5.41, 5.74) is 3.60. The molecule has 3 aromatic rings. The van der Waals surface area contributed by atoms with Gasteiger partial charge in [-0.1, -0.05) is 67.8 Å². The van der Waals surface area contributed by atoms with Crippen LogP contribution in [0, 0.1) is 0 Å². The maximum absolute atomic E-state index is 11.5. The fourth-order valence-corrected chi connectivity index (χ4v) is 3.87. The van der Waals surface area contributed by atoms with Gasteiger partial charge >= 0.3 is 11.9 Å². The highest BCUT2D eigenvalue weighted by Gasteiger charge is 2.31. The number of carbonyl (C=O) groups excluding carboxylic acids is 2. The summed E-state index contributed by atoms with van der Waals surface area (Å²) in [6.45, 7) is 13.3. The lowest BCUT2D eigenvalue weighted by Crippen LogP contribution is -2.25. The van der Waals surface area contributed by atoms with E-state index in [9.17, 15) is 9.59 Å². The summed E-state index contributed by atoms with van der Waals surface area (Å²) in [4.78, 5) is 23.0. The van der Waals surface area contributed by atoms with E-state index in [4.69, 9.17) is 18.9 Å². The molecule has 0 aliphatic heterocycles. The molecular formula is C32H34O6. The van der Waals surface area contributed by atoms with Crippen LogP contribution in [0.15, 0.2) is 103 Å². The average molecular weight is 515 g/mol. The van der Waals surface area contributed by atoms with E-state index in [-0.39, 0.29) is 26.4 Å². The molecule has 38 heavy (non-hydrogen) atoms. The van der Waals surface area contributed by atoms with Crippen LogP contribution in [0.5, 0.6) is 11.5 Å². The zero-order valence-corrected chi connectivity index (χ0v) is 22.2. The van der Waals surface area contributed by atoms with Crippen LogP contribution in [0.3, 0.4) is 0 Å². The Morgan fingerprint density at radius 2 is 0.974 bits per heavy atom. The van der Waals surface area contributed by atoms with Crippen molar-refractivity contribution in [2.24, 2.45) is 0 Å². The topological polar surface area (TPSA) is 71.1 Å². The summed E-state index contributed by atoms with van der Waals surface area (Å²) in [7, 11) is 0. The molecule has 0 amide bonds. The highest BCUT2D eigenvalue weighted by atomic mass is 16.6. The van der Waals surface area contributed by atoms with Crippen molar-refractivity contribution in [1.82, 2.24) is 0 Å². The minimum absolute atomic E-state index is 0.153. The standard InChI is InChI=1S/C32H34O6/c1-23(2)30(33)37-21-19-35-28-15-11-26(12-16-28)32(5,25-9-7-6-8-10-25)27-13-17-29(18-14-27)36-20-22-38-31(34)24(3)4/h6-18H,1,3,19-22H2,2,4-5H3. The van der Waals surface area contributed by atoms with Crippen LogP contribution < -0.4 is 9.47 Å². The number of carbonyl (C=O) groups is 2. The Labute approximate surface area is 224 Å². The van der Waals surface area contributed by atoms with Gasteiger partial charge in [-0.15, -0.1) is 0 Å². The van der Waals surface area contributed by atoms with Gasteiger partial charge in [0, 0.05) is 16.6 Å². The van der Waals surface area contributed by atoms with E-state index in [1.54, 1.807) is 13.8 Å².